The summed E-state index contributed by atoms with van der Waals surface area (Å²) >= 11 is 0. The molecular formula is C19H21N5O. The van der Waals surface area contributed by atoms with E-state index in [0.717, 1.165) is 45.0 Å². The van der Waals surface area contributed by atoms with Gasteiger partial charge >= 0.3 is 0 Å². The molecule has 2 aromatic rings. The van der Waals surface area contributed by atoms with Crippen molar-refractivity contribution in [3.05, 3.63) is 47.4 Å². The first-order chi connectivity index (χ1) is 12.2. The summed E-state index contributed by atoms with van der Waals surface area (Å²) in [6.07, 6.45) is 4.23. The molecule has 0 spiro atoms. The first kappa shape index (κ1) is 15.9. The summed E-state index contributed by atoms with van der Waals surface area (Å²) in [5, 5.41) is 9.24. The van der Waals surface area contributed by atoms with Crippen LogP contribution < -0.4 is 9.64 Å². The van der Waals surface area contributed by atoms with Crippen LogP contribution in [0, 0.1) is 11.3 Å². The molecule has 0 amide bonds. The number of rotatable bonds is 3. The van der Waals surface area contributed by atoms with Crippen molar-refractivity contribution in [1.29, 1.82) is 5.26 Å². The Labute approximate surface area is 147 Å². The van der Waals surface area contributed by atoms with E-state index in [0.29, 0.717) is 17.6 Å². The maximum atomic E-state index is 9.24. The van der Waals surface area contributed by atoms with Gasteiger partial charge < -0.3 is 9.64 Å². The number of benzene rings is 1. The van der Waals surface area contributed by atoms with Gasteiger partial charge in [0.1, 0.15) is 11.8 Å². The predicted octanol–water partition coefficient (Wildman–Crippen LogP) is 1.99. The zero-order chi connectivity index (χ0) is 17.2. The average molecular weight is 335 g/mol. The number of fused-ring (bicyclic) bond motifs is 1. The molecule has 6 heteroatoms. The van der Waals surface area contributed by atoms with Crippen LogP contribution in [0.3, 0.4) is 0 Å². The molecule has 1 saturated heterocycles. The van der Waals surface area contributed by atoms with Gasteiger partial charge in [0.15, 0.2) is 11.5 Å². The third-order valence-electron chi connectivity index (χ3n) is 4.99. The minimum Gasteiger partial charge on any atom is -0.493 e. The maximum Gasteiger partial charge on any atom is 0.183 e. The molecule has 0 unspecified atom stereocenters. The Balaban J connectivity index is 1.44. The van der Waals surface area contributed by atoms with Gasteiger partial charge in [0.25, 0.3) is 0 Å². The van der Waals surface area contributed by atoms with E-state index in [1.165, 1.54) is 11.1 Å². The van der Waals surface area contributed by atoms with Gasteiger partial charge in [-0.05, 0) is 24.1 Å². The third-order valence-corrected chi connectivity index (χ3v) is 4.99. The van der Waals surface area contributed by atoms with Crippen molar-refractivity contribution in [2.45, 2.75) is 25.9 Å². The Morgan fingerprint density at radius 1 is 1.28 bits per heavy atom. The fourth-order valence-corrected chi connectivity index (χ4v) is 3.64. The second kappa shape index (κ2) is 6.69. The van der Waals surface area contributed by atoms with E-state index in [-0.39, 0.29) is 0 Å². The summed E-state index contributed by atoms with van der Waals surface area (Å²) in [4.78, 5) is 13.1. The van der Waals surface area contributed by atoms with E-state index >= 15 is 0 Å². The molecule has 128 valence electrons. The predicted molar refractivity (Wildman–Crippen MR) is 94.5 cm³/mol. The molecule has 2 aliphatic rings. The van der Waals surface area contributed by atoms with E-state index in [1.807, 2.05) is 0 Å². The molecule has 1 fully saturated rings. The monoisotopic (exact) mass is 335 g/mol. The van der Waals surface area contributed by atoms with Crippen molar-refractivity contribution in [3.63, 3.8) is 0 Å². The van der Waals surface area contributed by atoms with Crippen LogP contribution in [-0.4, -0.2) is 47.2 Å². The average Bonchev–Trinajstić information content (AvgIpc) is 3.11. The van der Waals surface area contributed by atoms with E-state index in [9.17, 15) is 5.26 Å². The van der Waals surface area contributed by atoms with Crippen LogP contribution in [-0.2, 0) is 13.0 Å². The lowest BCUT2D eigenvalue weighted by atomic mass is 10.1. The van der Waals surface area contributed by atoms with Crippen LogP contribution in [0.15, 0.2) is 30.6 Å². The summed E-state index contributed by atoms with van der Waals surface area (Å²) in [7, 11) is 0. The van der Waals surface area contributed by atoms with Crippen LogP contribution >= 0.6 is 0 Å². The molecule has 25 heavy (non-hydrogen) atoms. The van der Waals surface area contributed by atoms with Crippen molar-refractivity contribution in [1.82, 2.24) is 14.9 Å². The van der Waals surface area contributed by atoms with Crippen LogP contribution in [0.5, 0.6) is 5.75 Å². The molecular weight excluding hydrogens is 314 g/mol. The molecule has 6 nitrogen and oxygen atoms in total. The molecule has 0 bridgehead atoms. The molecule has 2 aliphatic heterocycles. The molecule has 0 radical (unpaired) electrons. The highest BCUT2D eigenvalue weighted by atomic mass is 16.5. The number of hydrogen-bond acceptors (Lipinski definition) is 6. The minimum atomic E-state index is 0.381. The van der Waals surface area contributed by atoms with Gasteiger partial charge in [-0.1, -0.05) is 12.1 Å². The van der Waals surface area contributed by atoms with Gasteiger partial charge in [-0.2, -0.15) is 5.26 Å². The smallest absolute Gasteiger partial charge is 0.183 e. The Morgan fingerprint density at radius 3 is 3.00 bits per heavy atom. The standard InChI is InChI=1S/C19H21N5O/c1-14-12-24(19-17(11-20)21-5-6-22-19)8-7-23(14)13-15-2-3-18-16(10-15)4-9-25-18/h2-3,5-6,10,14H,4,7-9,12-13H2,1H3/t14-/m1/s1. The van der Waals surface area contributed by atoms with Crippen molar-refractivity contribution >= 4 is 5.82 Å². The highest BCUT2D eigenvalue weighted by Gasteiger charge is 2.26. The number of ether oxygens (including phenoxy) is 1. The summed E-state index contributed by atoms with van der Waals surface area (Å²) < 4.78 is 5.59. The normalized spacial score (nSPS) is 20.0. The molecule has 1 aromatic heterocycles. The van der Waals surface area contributed by atoms with Gasteiger partial charge in [0, 0.05) is 51.0 Å². The third kappa shape index (κ3) is 3.15. The fourth-order valence-electron chi connectivity index (χ4n) is 3.64. The van der Waals surface area contributed by atoms with E-state index in [4.69, 9.17) is 4.74 Å². The van der Waals surface area contributed by atoms with Crippen molar-refractivity contribution in [3.8, 4) is 11.8 Å². The number of anilines is 1. The highest BCUT2D eigenvalue weighted by Crippen LogP contribution is 2.27. The lowest BCUT2D eigenvalue weighted by molar-refractivity contribution is 0.180. The Hall–Kier alpha value is -2.65. The Morgan fingerprint density at radius 2 is 2.16 bits per heavy atom. The maximum absolute atomic E-state index is 9.24. The topological polar surface area (TPSA) is 65.3 Å². The summed E-state index contributed by atoms with van der Waals surface area (Å²) in [6.45, 7) is 6.61. The van der Waals surface area contributed by atoms with Crippen LogP contribution in [0.2, 0.25) is 0 Å². The molecule has 0 aliphatic carbocycles. The van der Waals surface area contributed by atoms with Gasteiger partial charge in [-0.3, -0.25) is 4.90 Å². The lowest BCUT2D eigenvalue weighted by Gasteiger charge is -2.40. The summed E-state index contributed by atoms with van der Waals surface area (Å²) in [5.74, 6) is 1.74. The quantitative estimate of drug-likeness (QED) is 0.855. The van der Waals surface area contributed by atoms with Gasteiger partial charge in [0.05, 0.1) is 6.61 Å². The van der Waals surface area contributed by atoms with E-state index in [2.05, 4.69) is 51.0 Å². The zero-order valence-corrected chi connectivity index (χ0v) is 14.4. The van der Waals surface area contributed by atoms with Crippen LogP contribution in [0.1, 0.15) is 23.7 Å². The molecule has 1 atom stereocenters. The molecule has 0 saturated carbocycles. The zero-order valence-electron chi connectivity index (χ0n) is 14.4. The van der Waals surface area contributed by atoms with Gasteiger partial charge in [0.2, 0.25) is 0 Å². The van der Waals surface area contributed by atoms with Crippen molar-refractivity contribution in [2.24, 2.45) is 0 Å². The van der Waals surface area contributed by atoms with Crippen molar-refractivity contribution < 1.29 is 4.74 Å². The highest BCUT2D eigenvalue weighted by molar-refractivity contribution is 5.50. The first-order valence-corrected chi connectivity index (χ1v) is 8.69. The summed E-state index contributed by atoms with van der Waals surface area (Å²) in [6, 6.07) is 9.06. The Bertz CT molecular complexity index is 816. The number of nitriles is 1. The second-order valence-corrected chi connectivity index (χ2v) is 6.65. The fraction of sp³-hybridized carbons (Fsp3) is 0.421. The van der Waals surface area contributed by atoms with Gasteiger partial charge in [-0.25, -0.2) is 9.97 Å². The number of hydrogen-bond donors (Lipinski definition) is 0. The number of piperazine rings is 1. The van der Waals surface area contributed by atoms with E-state index < -0.39 is 0 Å². The minimum absolute atomic E-state index is 0.381. The number of nitrogens with zero attached hydrogens (tertiary/aromatic N) is 5. The van der Waals surface area contributed by atoms with Gasteiger partial charge in [-0.15, -0.1) is 0 Å². The molecule has 3 heterocycles. The van der Waals surface area contributed by atoms with E-state index in [1.54, 1.807) is 12.4 Å². The second-order valence-electron chi connectivity index (χ2n) is 6.65. The molecule has 4 rings (SSSR count). The molecule has 0 N–H and O–H groups in total. The van der Waals surface area contributed by atoms with Crippen molar-refractivity contribution in [2.75, 3.05) is 31.1 Å². The molecule has 1 aromatic carbocycles. The lowest BCUT2D eigenvalue weighted by Crippen LogP contribution is -2.51. The SMILES string of the molecule is C[C@@H]1CN(c2nccnc2C#N)CCN1Cc1ccc2c(c1)CCO2. The van der Waals surface area contributed by atoms with Crippen LogP contribution in [0.25, 0.3) is 0 Å². The Kier molecular flexibility index (Phi) is 4.24. The largest absolute Gasteiger partial charge is 0.493 e. The van der Waals surface area contributed by atoms with Crippen LogP contribution in [0.4, 0.5) is 5.82 Å². The number of aromatic nitrogens is 2. The first-order valence-electron chi connectivity index (χ1n) is 8.69. The summed E-state index contributed by atoms with van der Waals surface area (Å²) in [5.41, 5.74) is 3.06.